The van der Waals surface area contributed by atoms with Gasteiger partial charge < -0.3 is 10.0 Å². The highest BCUT2D eigenvalue weighted by Gasteiger charge is 2.25. The van der Waals surface area contributed by atoms with E-state index in [0.29, 0.717) is 12.0 Å². The summed E-state index contributed by atoms with van der Waals surface area (Å²) in [6.45, 7) is 13.8. The second-order valence-corrected chi connectivity index (χ2v) is 5.79. The third kappa shape index (κ3) is 4.43. The molecular formula is C12H27NO. The van der Waals surface area contributed by atoms with Gasteiger partial charge in [-0.05, 0) is 25.3 Å². The zero-order chi connectivity index (χ0) is 11.5. The molecule has 0 aromatic carbocycles. The normalized spacial score (nSPS) is 17.6. The minimum atomic E-state index is -0.218. The van der Waals surface area contributed by atoms with Crippen molar-refractivity contribution in [3.05, 3.63) is 0 Å². The third-order valence-corrected chi connectivity index (χ3v) is 3.16. The fourth-order valence-corrected chi connectivity index (χ4v) is 1.33. The molecule has 0 saturated heterocycles. The molecule has 0 saturated carbocycles. The van der Waals surface area contributed by atoms with Crippen molar-refractivity contribution < 1.29 is 5.11 Å². The highest BCUT2D eigenvalue weighted by Crippen LogP contribution is 2.23. The molecule has 0 aliphatic heterocycles. The minimum absolute atomic E-state index is 0.218. The van der Waals surface area contributed by atoms with Crippen LogP contribution in [0.4, 0.5) is 0 Å². The molecule has 0 radical (unpaired) electrons. The molecule has 86 valence electrons. The Labute approximate surface area is 89.3 Å². The molecular weight excluding hydrogens is 174 g/mol. The molecule has 1 N–H and O–H groups in total. The first-order valence-corrected chi connectivity index (χ1v) is 5.54. The first-order valence-electron chi connectivity index (χ1n) is 5.54. The zero-order valence-electron chi connectivity index (χ0n) is 10.8. The SMILES string of the molecule is CC(C)C(O)CN(C)C(C)C(C)(C)C. The summed E-state index contributed by atoms with van der Waals surface area (Å²) in [6.07, 6.45) is -0.218. The van der Waals surface area contributed by atoms with Crippen LogP contribution in [0.1, 0.15) is 41.5 Å². The van der Waals surface area contributed by atoms with E-state index in [1.54, 1.807) is 0 Å². The summed E-state index contributed by atoms with van der Waals surface area (Å²) in [5, 5.41) is 9.77. The summed E-state index contributed by atoms with van der Waals surface area (Å²) in [7, 11) is 2.08. The maximum absolute atomic E-state index is 9.77. The minimum Gasteiger partial charge on any atom is -0.392 e. The lowest BCUT2D eigenvalue weighted by atomic mass is 9.87. The monoisotopic (exact) mass is 201 g/mol. The highest BCUT2D eigenvalue weighted by atomic mass is 16.3. The molecule has 2 nitrogen and oxygen atoms in total. The van der Waals surface area contributed by atoms with Crippen LogP contribution in [0.3, 0.4) is 0 Å². The van der Waals surface area contributed by atoms with Crippen molar-refractivity contribution in [2.45, 2.75) is 53.7 Å². The number of likely N-dealkylation sites (N-methyl/N-ethyl adjacent to an activating group) is 1. The third-order valence-electron chi connectivity index (χ3n) is 3.16. The van der Waals surface area contributed by atoms with E-state index in [1.165, 1.54) is 0 Å². The molecule has 2 atom stereocenters. The van der Waals surface area contributed by atoms with Gasteiger partial charge in [-0.2, -0.15) is 0 Å². The molecule has 0 spiro atoms. The number of aliphatic hydroxyl groups is 1. The van der Waals surface area contributed by atoms with Crippen LogP contribution >= 0.6 is 0 Å². The molecule has 0 aromatic heterocycles. The second-order valence-electron chi connectivity index (χ2n) is 5.79. The average molecular weight is 201 g/mol. The standard InChI is InChI=1S/C12H27NO/c1-9(2)11(14)8-13(7)10(3)12(4,5)6/h9-11,14H,8H2,1-7H3. The van der Waals surface area contributed by atoms with E-state index in [9.17, 15) is 5.11 Å². The molecule has 2 heteroatoms. The maximum Gasteiger partial charge on any atom is 0.0689 e. The molecule has 0 fully saturated rings. The summed E-state index contributed by atoms with van der Waals surface area (Å²) in [5.41, 5.74) is 0.269. The van der Waals surface area contributed by atoms with Crippen molar-refractivity contribution in [2.24, 2.45) is 11.3 Å². The Morgan fingerprint density at radius 1 is 1.14 bits per heavy atom. The van der Waals surface area contributed by atoms with Crippen LogP contribution in [-0.2, 0) is 0 Å². The summed E-state index contributed by atoms with van der Waals surface area (Å²) < 4.78 is 0. The largest absolute Gasteiger partial charge is 0.392 e. The van der Waals surface area contributed by atoms with Gasteiger partial charge in [-0.3, -0.25) is 0 Å². The molecule has 14 heavy (non-hydrogen) atoms. The van der Waals surface area contributed by atoms with E-state index >= 15 is 0 Å². The number of aliphatic hydroxyl groups excluding tert-OH is 1. The lowest BCUT2D eigenvalue weighted by molar-refractivity contribution is 0.0479. The molecule has 0 amide bonds. The smallest absolute Gasteiger partial charge is 0.0689 e. The lowest BCUT2D eigenvalue weighted by Gasteiger charge is -2.36. The van der Waals surface area contributed by atoms with Crippen molar-refractivity contribution in [3.63, 3.8) is 0 Å². The molecule has 0 aliphatic rings. The van der Waals surface area contributed by atoms with Gasteiger partial charge in [0.2, 0.25) is 0 Å². The molecule has 0 aromatic rings. The Morgan fingerprint density at radius 3 is 1.86 bits per heavy atom. The van der Waals surface area contributed by atoms with E-state index in [4.69, 9.17) is 0 Å². The van der Waals surface area contributed by atoms with Crippen LogP contribution in [0.5, 0.6) is 0 Å². The van der Waals surface area contributed by atoms with Crippen LogP contribution < -0.4 is 0 Å². The second kappa shape index (κ2) is 5.13. The number of hydrogen-bond acceptors (Lipinski definition) is 2. The Kier molecular flexibility index (Phi) is 5.10. The van der Waals surface area contributed by atoms with Gasteiger partial charge in [0.05, 0.1) is 6.10 Å². The van der Waals surface area contributed by atoms with Gasteiger partial charge in [-0.1, -0.05) is 34.6 Å². The van der Waals surface area contributed by atoms with Gasteiger partial charge in [-0.25, -0.2) is 0 Å². The average Bonchev–Trinajstić information content (AvgIpc) is 2.00. The molecule has 0 heterocycles. The summed E-state index contributed by atoms with van der Waals surface area (Å²) in [4.78, 5) is 2.24. The fourth-order valence-electron chi connectivity index (χ4n) is 1.33. The Bertz CT molecular complexity index is 160. The van der Waals surface area contributed by atoms with Crippen molar-refractivity contribution in [2.75, 3.05) is 13.6 Å². The van der Waals surface area contributed by atoms with Crippen LogP contribution in [0.15, 0.2) is 0 Å². The molecule has 0 rings (SSSR count). The van der Waals surface area contributed by atoms with E-state index in [2.05, 4.69) is 53.5 Å². The lowest BCUT2D eigenvalue weighted by Crippen LogP contribution is -2.44. The highest BCUT2D eigenvalue weighted by molar-refractivity contribution is 4.79. The van der Waals surface area contributed by atoms with Crippen molar-refractivity contribution >= 4 is 0 Å². The Balaban J connectivity index is 4.15. The van der Waals surface area contributed by atoms with Gasteiger partial charge in [0, 0.05) is 12.6 Å². The van der Waals surface area contributed by atoms with Gasteiger partial charge in [0.1, 0.15) is 0 Å². The molecule has 2 unspecified atom stereocenters. The number of hydrogen-bond donors (Lipinski definition) is 1. The van der Waals surface area contributed by atoms with Gasteiger partial charge in [-0.15, -0.1) is 0 Å². The number of rotatable bonds is 4. The van der Waals surface area contributed by atoms with Crippen molar-refractivity contribution in [1.29, 1.82) is 0 Å². The first kappa shape index (κ1) is 13.9. The molecule has 0 bridgehead atoms. The van der Waals surface area contributed by atoms with Crippen LogP contribution in [-0.4, -0.2) is 35.7 Å². The predicted octanol–water partition coefficient (Wildman–Crippen LogP) is 2.37. The predicted molar refractivity (Wildman–Crippen MR) is 62.4 cm³/mol. The first-order chi connectivity index (χ1) is 6.16. The molecule has 0 aliphatic carbocycles. The quantitative estimate of drug-likeness (QED) is 0.755. The van der Waals surface area contributed by atoms with Crippen molar-refractivity contribution in [3.8, 4) is 0 Å². The Morgan fingerprint density at radius 2 is 1.57 bits per heavy atom. The maximum atomic E-state index is 9.77. The zero-order valence-corrected chi connectivity index (χ0v) is 10.8. The van der Waals surface area contributed by atoms with Crippen LogP contribution in [0.25, 0.3) is 0 Å². The van der Waals surface area contributed by atoms with Crippen LogP contribution in [0.2, 0.25) is 0 Å². The van der Waals surface area contributed by atoms with E-state index < -0.39 is 0 Å². The van der Waals surface area contributed by atoms with Gasteiger partial charge in [0.15, 0.2) is 0 Å². The summed E-state index contributed by atoms with van der Waals surface area (Å²) >= 11 is 0. The summed E-state index contributed by atoms with van der Waals surface area (Å²) in [5.74, 6) is 0.338. The van der Waals surface area contributed by atoms with Crippen molar-refractivity contribution in [1.82, 2.24) is 4.90 Å². The van der Waals surface area contributed by atoms with E-state index in [-0.39, 0.29) is 11.5 Å². The van der Waals surface area contributed by atoms with E-state index in [1.807, 2.05) is 0 Å². The fraction of sp³-hybridized carbons (Fsp3) is 1.00. The van der Waals surface area contributed by atoms with Gasteiger partial charge >= 0.3 is 0 Å². The van der Waals surface area contributed by atoms with Crippen LogP contribution in [0, 0.1) is 11.3 Å². The number of nitrogens with zero attached hydrogens (tertiary/aromatic N) is 1. The summed E-state index contributed by atoms with van der Waals surface area (Å²) in [6, 6.07) is 0.482. The van der Waals surface area contributed by atoms with E-state index in [0.717, 1.165) is 6.54 Å². The topological polar surface area (TPSA) is 23.5 Å². The Hall–Kier alpha value is -0.0800. The van der Waals surface area contributed by atoms with Gasteiger partial charge in [0.25, 0.3) is 0 Å².